The molecule has 170 valence electrons. The Labute approximate surface area is 188 Å². The molecule has 1 aliphatic heterocycles. The Kier molecular flexibility index (Phi) is 4.82. The molecule has 0 aromatic carbocycles. The molecule has 1 aromatic heterocycles. The maximum atomic E-state index is 13.2. The van der Waals surface area contributed by atoms with E-state index in [4.69, 9.17) is 4.42 Å². The Morgan fingerprint density at radius 1 is 1.18 bits per heavy atom. The molecular weight excluding hydrogens is 430 g/mol. The van der Waals surface area contributed by atoms with Crippen molar-refractivity contribution in [1.29, 1.82) is 0 Å². The smallest absolute Gasteiger partial charge is 0.423 e. The topological polar surface area (TPSA) is 131 Å². The van der Waals surface area contributed by atoms with Crippen molar-refractivity contribution in [2.75, 3.05) is 7.11 Å². The molecule has 1 aromatic rings. The van der Waals surface area contributed by atoms with Gasteiger partial charge in [0.2, 0.25) is 11.8 Å². The van der Waals surface area contributed by atoms with Gasteiger partial charge in [0.1, 0.15) is 18.1 Å². The molecule has 33 heavy (non-hydrogen) atoms. The first-order valence-electron chi connectivity index (χ1n) is 10.6. The van der Waals surface area contributed by atoms with E-state index in [0.29, 0.717) is 38.7 Å². The number of methoxy groups -OCH3 is 1. The van der Waals surface area contributed by atoms with Crippen LogP contribution in [0.5, 0.6) is 0 Å². The van der Waals surface area contributed by atoms with E-state index >= 15 is 0 Å². The van der Waals surface area contributed by atoms with Gasteiger partial charge >= 0.3 is 6.09 Å². The molecular formula is C24H21NO8. The minimum Gasteiger partial charge on any atom is -0.463 e. The zero-order chi connectivity index (χ0) is 23.6. The first-order valence-corrected chi connectivity index (χ1v) is 10.6. The molecule has 0 radical (unpaired) electrons. The van der Waals surface area contributed by atoms with Crippen LogP contribution in [0.1, 0.15) is 37.2 Å². The number of ether oxygens (including phenoxy) is 1. The van der Waals surface area contributed by atoms with Crippen molar-refractivity contribution in [1.82, 2.24) is 4.90 Å². The number of Topliss-reactive ketones (excluding diaryl/α,β-unsaturated/α-hetero) is 1. The van der Waals surface area contributed by atoms with E-state index in [1.54, 1.807) is 19.1 Å². The predicted octanol–water partition coefficient (Wildman–Crippen LogP) is 1.97. The van der Waals surface area contributed by atoms with Crippen molar-refractivity contribution < 1.29 is 38.2 Å². The Morgan fingerprint density at radius 3 is 2.61 bits per heavy atom. The number of rotatable bonds is 2. The van der Waals surface area contributed by atoms with Crippen molar-refractivity contribution in [3.05, 3.63) is 58.1 Å². The standard InChI is InChI=1S/C24H21NO8/c1-10-7-16(27)19-15(21(10)28)8-14-12(20(19)17-6-3-11(9-26)33-17)4-5-13-18(14)23(30)25(22(13)29)24(31)32-2/h3-4,6-7,13-14,18,20,26H,5,8-9H2,1-2H3/t13-,14+,18-,20+/m0/s1. The van der Waals surface area contributed by atoms with Gasteiger partial charge in [-0.3, -0.25) is 19.2 Å². The Hall–Kier alpha value is -3.59. The highest BCUT2D eigenvalue weighted by atomic mass is 16.5. The second kappa shape index (κ2) is 7.48. The van der Waals surface area contributed by atoms with Crippen LogP contribution in [-0.4, -0.2) is 46.6 Å². The number of ketones is 2. The lowest BCUT2D eigenvalue weighted by Gasteiger charge is -2.41. The first-order chi connectivity index (χ1) is 15.8. The number of aliphatic hydroxyl groups excluding tert-OH is 1. The van der Waals surface area contributed by atoms with Crippen LogP contribution in [0.2, 0.25) is 0 Å². The largest absolute Gasteiger partial charge is 0.463 e. The second-order valence-corrected chi connectivity index (χ2v) is 8.67. The summed E-state index contributed by atoms with van der Waals surface area (Å²) in [6.45, 7) is 1.23. The van der Waals surface area contributed by atoms with Crippen molar-refractivity contribution in [2.24, 2.45) is 17.8 Å². The van der Waals surface area contributed by atoms with Gasteiger partial charge in [-0.2, -0.15) is 4.90 Å². The van der Waals surface area contributed by atoms with E-state index in [-0.39, 0.29) is 31.0 Å². The number of carbonyl (C=O) groups excluding carboxylic acids is 5. The van der Waals surface area contributed by atoms with Gasteiger partial charge in [0.15, 0.2) is 11.6 Å². The molecule has 4 aliphatic rings. The lowest BCUT2D eigenvalue weighted by Crippen LogP contribution is -2.40. The number of likely N-dealkylation sites (tertiary alicyclic amines) is 1. The van der Waals surface area contributed by atoms with E-state index in [9.17, 15) is 29.1 Å². The Balaban J connectivity index is 1.66. The number of furan rings is 1. The Morgan fingerprint density at radius 2 is 1.94 bits per heavy atom. The van der Waals surface area contributed by atoms with Crippen LogP contribution in [-0.2, 0) is 30.5 Å². The molecule has 9 heteroatoms. The lowest BCUT2D eigenvalue weighted by molar-refractivity contribution is -0.137. The fourth-order valence-electron chi connectivity index (χ4n) is 5.61. The number of fused-ring (bicyclic) bond motifs is 3. The third kappa shape index (κ3) is 2.92. The normalized spacial score (nSPS) is 28.9. The van der Waals surface area contributed by atoms with Crippen molar-refractivity contribution in [2.45, 2.75) is 32.3 Å². The minimum absolute atomic E-state index is 0.107. The van der Waals surface area contributed by atoms with Gasteiger partial charge in [0.25, 0.3) is 0 Å². The molecule has 0 saturated carbocycles. The number of hydrogen-bond donors (Lipinski definition) is 1. The molecule has 1 saturated heterocycles. The summed E-state index contributed by atoms with van der Waals surface area (Å²) in [6.07, 6.45) is 2.40. The van der Waals surface area contributed by atoms with Crippen molar-refractivity contribution in [3.8, 4) is 0 Å². The molecule has 5 rings (SSSR count). The summed E-state index contributed by atoms with van der Waals surface area (Å²) >= 11 is 0. The molecule has 2 heterocycles. The van der Waals surface area contributed by atoms with Gasteiger partial charge in [0.05, 0.1) is 24.9 Å². The molecule has 1 N–H and O–H groups in total. The summed E-state index contributed by atoms with van der Waals surface area (Å²) in [6, 6.07) is 3.23. The summed E-state index contributed by atoms with van der Waals surface area (Å²) in [4.78, 5) is 64.8. The van der Waals surface area contributed by atoms with Crippen molar-refractivity contribution in [3.63, 3.8) is 0 Å². The number of nitrogens with zero attached hydrogens (tertiary/aromatic N) is 1. The molecule has 1 fully saturated rings. The van der Waals surface area contributed by atoms with Crippen LogP contribution in [0.3, 0.4) is 0 Å². The van der Waals surface area contributed by atoms with Gasteiger partial charge < -0.3 is 14.3 Å². The molecule has 3 amide bonds. The molecule has 3 aliphatic carbocycles. The van der Waals surface area contributed by atoms with E-state index in [1.165, 1.54) is 6.08 Å². The highest BCUT2D eigenvalue weighted by Crippen LogP contribution is 2.55. The van der Waals surface area contributed by atoms with Crippen molar-refractivity contribution >= 4 is 29.5 Å². The van der Waals surface area contributed by atoms with Gasteiger partial charge in [-0.1, -0.05) is 11.6 Å². The maximum absolute atomic E-state index is 13.2. The molecule has 0 unspecified atom stereocenters. The number of allylic oxidation sites excluding steroid dienone is 6. The van der Waals surface area contributed by atoms with Crippen LogP contribution < -0.4 is 0 Å². The fraction of sp³-hybridized carbons (Fsp3) is 0.375. The molecule has 4 atom stereocenters. The monoisotopic (exact) mass is 451 g/mol. The van der Waals surface area contributed by atoms with Crippen LogP contribution >= 0.6 is 0 Å². The molecule has 9 nitrogen and oxygen atoms in total. The van der Waals surface area contributed by atoms with Gasteiger partial charge in [-0.25, -0.2) is 4.79 Å². The molecule has 0 bridgehead atoms. The number of carbonyl (C=O) groups is 5. The predicted molar refractivity (Wildman–Crippen MR) is 110 cm³/mol. The van der Waals surface area contributed by atoms with Gasteiger partial charge in [0, 0.05) is 16.7 Å². The fourth-order valence-corrected chi connectivity index (χ4v) is 5.61. The number of amides is 3. The van der Waals surface area contributed by atoms with E-state index in [0.717, 1.165) is 7.11 Å². The van der Waals surface area contributed by atoms with Crippen LogP contribution in [0.4, 0.5) is 4.79 Å². The highest BCUT2D eigenvalue weighted by molar-refractivity contribution is 6.24. The maximum Gasteiger partial charge on any atom is 0.423 e. The van der Waals surface area contributed by atoms with E-state index in [1.807, 2.05) is 6.08 Å². The van der Waals surface area contributed by atoms with Gasteiger partial charge in [-0.05, 0) is 43.9 Å². The van der Waals surface area contributed by atoms with Crippen LogP contribution in [0.25, 0.3) is 0 Å². The van der Waals surface area contributed by atoms with Crippen LogP contribution in [0, 0.1) is 17.8 Å². The lowest BCUT2D eigenvalue weighted by atomic mass is 9.60. The zero-order valence-corrected chi connectivity index (χ0v) is 18.0. The highest BCUT2D eigenvalue weighted by Gasteiger charge is 2.58. The third-order valence-electron chi connectivity index (χ3n) is 7.04. The summed E-state index contributed by atoms with van der Waals surface area (Å²) in [5.41, 5.74) is 1.60. The average Bonchev–Trinajstić information content (AvgIpc) is 3.38. The number of imide groups is 3. The quantitative estimate of drug-likeness (QED) is 0.410. The third-order valence-corrected chi connectivity index (χ3v) is 7.04. The summed E-state index contributed by atoms with van der Waals surface area (Å²) in [5.74, 6) is -4.09. The summed E-state index contributed by atoms with van der Waals surface area (Å²) in [7, 11) is 1.10. The zero-order valence-electron chi connectivity index (χ0n) is 18.0. The average molecular weight is 451 g/mol. The molecule has 0 spiro atoms. The van der Waals surface area contributed by atoms with E-state index < -0.39 is 41.6 Å². The number of aliphatic hydroxyl groups is 1. The first kappa shape index (κ1) is 21.3. The van der Waals surface area contributed by atoms with E-state index in [2.05, 4.69) is 4.74 Å². The Bertz CT molecular complexity index is 1230. The second-order valence-electron chi connectivity index (χ2n) is 8.67. The minimum atomic E-state index is -1.03. The summed E-state index contributed by atoms with van der Waals surface area (Å²) < 4.78 is 10.4. The van der Waals surface area contributed by atoms with Gasteiger partial charge in [-0.15, -0.1) is 0 Å². The number of hydrogen-bond acceptors (Lipinski definition) is 8. The van der Waals surface area contributed by atoms with Crippen LogP contribution in [0.15, 0.2) is 51.0 Å². The summed E-state index contributed by atoms with van der Waals surface area (Å²) in [5, 5.41) is 9.45. The SMILES string of the molecule is COC(=O)N1C(=O)[C@H]2[C@H](CC=C3[C@H](c4ccc(CO)o4)C4=C(C[C@H]32)C(=O)C(C)=CC4=O)C1=O.